The van der Waals surface area contributed by atoms with Crippen LogP contribution in [0.1, 0.15) is 53.2 Å². The molecule has 0 amide bonds. The fourth-order valence-electron chi connectivity index (χ4n) is 2.75. The van der Waals surface area contributed by atoms with E-state index < -0.39 is 6.10 Å². The molecule has 1 unspecified atom stereocenters. The molecule has 1 aromatic heterocycles. The van der Waals surface area contributed by atoms with Gasteiger partial charge in [0.2, 0.25) is 0 Å². The van der Waals surface area contributed by atoms with Crippen molar-refractivity contribution < 1.29 is 14.6 Å². The second kappa shape index (κ2) is 4.53. The number of nitrogens with zero attached hydrogens (tertiary/aromatic N) is 1. The normalized spacial score (nSPS) is 18.9. The highest BCUT2D eigenvalue weighted by molar-refractivity contribution is 5.90. The lowest BCUT2D eigenvalue weighted by Gasteiger charge is -2.19. The molecule has 0 radical (unpaired) electrons. The summed E-state index contributed by atoms with van der Waals surface area (Å²) in [6, 6.07) is 0. The molecule has 0 fully saturated rings. The van der Waals surface area contributed by atoms with Crippen molar-refractivity contribution in [3.63, 3.8) is 0 Å². The Morgan fingerprint density at radius 3 is 2.88 bits per heavy atom. The first kappa shape index (κ1) is 12.2. The highest BCUT2D eigenvalue weighted by Crippen LogP contribution is 2.35. The minimum atomic E-state index is -0.437. The Balaban J connectivity index is 2.51. The lowest BCUT2D eigenvalue weighted by Crippen LogP contribution is -2.13. The summed E-state index contributed by atoms with van der Waals surface area (Å²) in [7, 11) is 1.87. The number of rotatable bonds is 2. The third kappa shape index (κ3) is 1.86. The summed E-state index contributed by atoms with van der Waals surface area (Å²) >= 11 is 0. The molecule has 0 aliphatic heterocycles. The van der Waals surface area contributed by atoms with Crippen LogP contribution in [0.25, 0.3) is 0 Å². The zero-order valence-corrected chi connectivity index (χ0v) is 10.6. The summed E-state index contributed by atoms with van der Waals surface area (Å²) in [5, 5.41) is 10.0. The topological polar surface area (TPSA) is 51.5 Å². The molecule has 0 aromatic carbocycles. The lowest BCUT2D eigenvalue weighted by molar-refractivity contribution is 0.0514. The highest BCUT2D eigenvalue weighted by atomic mass is 16.5. The number of aliphatic hydroxyl groups is 1. The zero-order valence-electron chi connectivity index (χ0n) is 10.6. The molecule has 0 spiro atoms. The van der Waals surface area contributed by atoms with Crippen molar-refractivity contribution in [2.24, 2.45) is 7.05 Å². The van der Waals surface area contributed by atoms with Crippen LogP contribution in [0.5, 0.6) is 0 Å². The average Bonchev–Trinajstić information content (AvgIpc) is 2.53. The minimum absolute atomic E-state index is 0.297. The summed E-state index contributed by atoms with van der Waals surface area (Å²) in [5.74, 6) is -0.297. The first-order valence-electron chi connectivity index (χ1n) is 6.11. The van der Waals surface area contributed by atoms with Gasteiger partial charge in [-0.3, -0.25) is 0 Å². The summed E-state index contributed by atoms with van der Waals surface area (Å²) in [6.07, 6.45) is 2.23. The Kier molecular flexibility index (Phi) is 3.24. The van der Waals surface area contributed by atoms with Gasteiger partial charge < -0.3 is 14.4 Å². The molecule has 1 N–H and O–H groups in total. The molecule has 0 bridgehead atoms. The number of carbonyl (C=O) groups is 1. The predicted octanol–water partition coefficient (Wildman–Crippen LogP) is 1.88. The van der Waals surface area contributed by atoms with E-state index in [1.165, 1.54) is 0 Å². The molecule has 1 heterocycles. The molecule has 1 aromatic rings. The van der Waals surface area contributed by atoms with Crippen molar-refractivity contribution >= 4 is 5.97 Å². The number of carbonyl (C=O) groups excluding carboxylic acids is 1. The van der Waals surface area contributed by atoms with E-state index in [0.29, 0.717) is 12.3 Å². The van der Waals surface area contributed by atoms with E-state index in [-0.39, 0.29) is 5.97 Å². The van der Waals surface area contributed by atoms with Crippen molar-refractivity contribution in [3.05, 3.63) is 22.5 Å². The van der Waals surface area contributed by atoms with Crippen LogP contribution in [0.15, 0.2) is 0 Å². The quantitative estimate of drug-likeness (QED) is 0.799. The Labute approximate surface area is 101 Å². The van der Waals surface area contributed by atoms with Crippen LogP contribution in [0.4, 0.5) is 0 Å². The van der Waals surface area contributed by atoms with Crippen LogP contribution in [0.2, 0.25) is 0 Å². The maximum absolute atomic E-state index is 11.9. The molecule has 0 saturated heterocycles. The van der Waals surface area contributed by atoms with Crippen LogP contribution >= 0.6 is 0 Å². The minimum Gasteiger partial charge on any atom is -0.461 e. The number of hydrogen-bond acceptors (Lipinski definition) is 3. The van der Waals surface area contributed by atoms with Gasteiger partial charge in [0.1, 0.15) is 5.69 Å². The molecule has 1 aliphatic rings. The van der Waals surface area contributed by atoms with Crippen molar-refractivity contribution in [2.75, 3.05) is 6.61 Å². The van der Waals surface area contributed by atoms with Crippen molar-refractivity contribution in [2.45, 2.75) is 39.2 Å². The summed E-state index contributed by atoms with van der Waals surface area (Å²) in [4.78, 5) is 11.9. The van der Waals surface area contributed by atoms with E-state index in [4.69, 9.17) is 4.74 Å². The third-order valence-corrected chi connectivity index (χ3v) is 3.50. The number of esters is 1. The first-order chi connectivity index (χ1) is 8.07. The molecule has 94 valence electrons. The van der Waals surface area contributed by atoms with Gasteiger partial charge in [-0.25, -0.2) is 4.79 Å². The van der Waals surface area contributed by atoms with E-state index in [1.807, 2.05) is 18.5 Å². The summed E-state index contributed by atoms with van der Waals surface area (Å²) in [6.45, 7) is 4.06. The van der Waals surface area contributed by atoms with E-state index in [2.05, 4.69) is 0 Å². The average molecular weight is 237 g/mol. The number of aliphatic hydroxyl groups excluding tert-OH is 1. The second-order valence-electron chi connectivity index (χ2n) is 4.52. The van der Waals surface area contributed by atoms with Gasteiger partial charge >= 0.3 is 5.97 Å². The van der Waals surface area contributed by atoms with Crippen LogP contribution in [0, 0.1) is 6.92 Å². The monoisotopic (exact) mass is 237 g/mol. The zero-order chi connectivity index (χ0) is 12.6. The fraction of sp³-hybridized carbons (Fsp3) is 0.615. The van der Waals surface area contributed by atoms with Crippen molar-refractivity contribution in [1.82, 2.24) is 4.57 Å². The van der Waals surface area contributed by atoms with Gasteiger partial charge in [-0.15, -0.1) is 0 Å². The van der Waals surface area contributed by atoms with Gasteiger partial charge in [0.05, 0.1) is 12.7 Å². The molecule has 4 heteroatoms. The molecule has 1 aliphatic carbocycles. The third-order valence-electron chi connectivity index (χ3n) is 3.50. The maximum Gasteiger partial charge on any atom is 0.355 e. The molecule has 1 atom stereocenters. The summed E-state index contributed by atoms with van der Waals surface area (Å²) < 4.78 is 6.94. The molecule has 17 heavy (non-hydrogen) atoms. The second-order valence-corrected chi connectivity index (χ2v) is 4.52. The molecular formula is C13H19NO3. The maximum atomic E-state index is 11.9. The number of aromatic nitrogens is 1. The van der Waals surface area contributed by atoms with E-state index in [9.17, 15) is 9.90 Å². The lowest BCUT2D eigenvalue weighted by atomic mass is 9.92. The largest absolute Gasteiger partial charge is 0.461 e. The molecule has 4 nitrogen and oxygen atoms in total. The Morgan fingerprint density at radius 2 is 2.29 bits per heavy atom. The molecule has 2 rings (SSSR count). The van der Waals surface area contributed by atoms with Gasteiger partial charge in [0.15, 0.2) is 0 Å². The van der Waals surface area contributed by atoms with Crippen molar-refractivity contribution in [3.8, 4) is 0 Å². The Hall–Kier alpha value is -1.29. The van der Waals surface area contributed by atoms with Crippen LogP contribution < -0.4 is 0 Å². The van der Waals surface area contributed by atoms with E-state index in [1.54, 1.807) is 6.92 Å². The smallest absolute Gasteiger partial charge is 0.355 e. The van der Waals surface area contributed by atoms with E-state index >= 15 is 0 Å². The van der Waals surface area contributed by atoms with E-state index in [0.717, 1.165) is 36.1 Å². The SMILES string of the molecule is CCOC(=O)c1c(C)c2c(n1C)CCCC2O. The fourth-order valence-corrected chi connectivity index (χ4v) is 2.75. The standard InChI is InChI=1S/C13H19NO3/c1-4-17-13(16)12-8(2)11-9(14(12)3)6-5-7-10(11)15/h10,15H,4-7H2,1-3H3. The van der Waals surface area contributed by atoms with Gasteiger partial charge in [0, 0.05) is 18.3 Å². The van der Waals surface area contributed by atoms with Gasteiger partial charge in [-0.2, -0.15) is 0 Å². The Bertz CT molecular complexity index is 448. The number of ether oxygens (including phenoxy) is 1. The predicted molar refractivity (Wildman–Crippen MR) is 64.0 cm³/mol. The van der Waals surface area contributed by atoms with Crippen LogP contribution in [-0.2, 0) is 18.2 Å². The Morgan fingerprint density at radius 1 is 1.59 bits per heavy atom. The first-order valence-corrected chi connectivity index (χ1v) is 6.11. The van der Waals surface area contributed by atoms with Crippen molar-refractivity contribution in [1.29, 1.82) is 0 Å². The summed E-state index contributed by atoms with van der Waals surface area (Å²) in [5.41, 5.74) is 3.46. The van der Waals surface area contributed by atoms with Gasteiger partial charge in [-0.05, 0) is 38.7 Å². The number of fused-ring (bicyclic) bond motifs is 1. The van der Waals surface area contributed by atoms with Gasteiger partial charge in [-0.1, -0.05) is 0 Å². The molecule has 0 saturated carbocycles. The molecular weight excluding hydrogens is 218 g/mol. The van der Waals surface area contributed by atoms with Crippen LogP contribution in [-0.4, -0.2) is 22.2 Å². The number of hydrogen-bond donors (Lipinski definition) is 1. The van der Waals surface area contributed by atoms with Gasteiger partial charge in [0.25, 0.3) is 0 Å². The highest BCUT2D eigenvalue weighted by Gasteiger charge is 2.29. The van der Waals surface area contributed by atoms with Crippen LogP contribution in [0.3, 0.4) is 0 Å².